The number of aryl methyl sites for hydroxylation is 1. The summed E-state index contributed by atoms with van der Waals surface area (Å²) in [5.74, 6) is -1.38. The number of carbonyl (C=O) groups is 1. The van der Waals surface area contributed by atoms with E-state index in [2.05, 4.69) is 20.6 Å². The zero-order valence-corrected chi connectivity index (χ0v) is 19.7. The predicted molar refractivity (Wildman–Crippen MR) is 127 cm³/mol. The van der Waals surface area contributed by atoms with Crippen molar-refractivity contribution in [3.63, 3.8) is 0 Å². The number of aromatic nitrogens is 5. The SMILES string of the molecule is CCn1c(-c2nonc2N)nc2c(-c3ccccc3)ncc(OCCNCCN)c21.O=C(O)C(F)(F)F. The van der Waals surface area contributed by atoms with Gasteiger partial charge in [-0.15, -0.1) is 0 Å². The molecule has 4 aromatic rings. The lowest BCUT2D eigenvalue weighted by molar-refractivity contribution is -0.192. The summed E-state index contributed by atoms with van der Waals surface area (Å²) in [6.45, 7) is 5.10. The Morgan fingerprint density at radius 2 is 1.89 bits per heavy atom. The number of nitrogens with one attached hydrogen (secondary N) is 1. The number of hydrogen-bond acceptors (Lipinski definition) is 10. The molecule has 3 heterocycles. The first-order valence-electron chi connectivity index (χ1n) is 11.1. The zero-order valence-electron chi connectivity index (χ0n) is 19.7. The lowest BCUT2D eigenvalue weighted by Gasteiger charge is -2.12. The number of rotatable bonds is 9. The Morgan fingerprint density at radius 1 is 1.19 bits per heavy atom. The minimum atomic E-state index is -5.08. The molecule has 1 aromatic carbocycles. The first-order valence-corrected chi connectivity index (χ1v) is 11.1. The number of benzene rings is 1. The van der Waals surface area contributed by atoms with E-state index < -0.39 is 12.1 Å². The van der Waals surface area contributed by atoms with Crippen LogP contribution in [0, 0.1) is 0 Å². The van der Waals surface area contributed by atoms with Crippen LogP contribution in [-0.2, 0) is 11.3 Å². The Bertz CT molecular complexity index is 1320. The second-order valence-corrected chi connectivity index (χ2v) is 7.40. The van der Waals surface area contributed by atoms with Gasteiger partial charge in [0.15, 0.2) is 23.1 Å². The Kier molecular flexibility index (Phi) is 8.97. The number of ether oxygens (including phenoxy) is 1. The van der Waals surface area contributed by atoms with Crippen LogP contribution < -0.4 is 21.5 Å². The van der Waals surface area contributed by atoms with Crippen molar-refractivity contribution in [1.29, 1.82) is 0 Å². The van der Waals surface area contributed by atoms with Gasteiger partial charge in [0, 0.05) is 31.7 Å². The fraction of sp³-hybridized carbons (Fsp3) is 0.318. The second kappa shape index (κ2) is 12.1. The molecule has 0 aliphatic heterocycles. The van der Waals surface area contributed by atoms with Crippen LogP contribution in [0.5, 0.6) is 5.75 Å². The number of hydrogen-bond donors (Lipinski definition) is 4. The lowest BCUT2D eigenvalue weighted by Crippen LogP contribution is -2.26. The summed E-state index contributed by atoms with van der Waals surface area (Å²) in [5.41, 5.74) is 15.1. The highest BCUT2D eigenvalue weighted by atomic mass is 19.4. The first kappa shape index (κ1) is 27.3. The van der Waals surface area contributed by atoms with E-state index in [0.717, 1.165) is 23.3 Å². The molecule has 0 unspecified atom stereocenters. The van der Waals surface area contributed by atoms with Gasteiger partial charge in [0.1, 0.15) is 17.6 Å². The van der Waals surface area contributed by atoms with Gasteiger partial charge in [-0.1, -0.05) is 30.3 Å². The molecule has 0 fully saturated rings. The molecule has 4 rings (SSSR count). The molecule has 0 saturated heterocycles. The molecule has 0 saturated carbocycles. The summed E-state index contributed by atoms with van der Waals surface area (Å²) >= 11 is 0. The van der Waals surface area contributed by atoms with Crippen molar-refractivity contribution < 1.29 is 32.4 Å². The average molecular weight is 522 g/mol. The van der Waals surface area contributed by atoms with Crippen LogP contribution >= 0.6 is 0 Å². The summed E-state index contributed by atoms with van der Waals surface area (Å²) in [6, 6.07) is 9.89. The summed E-state index contributed by atoms with van der Waals surface area (Å²) in [7, 11) is 0. The van der Waals surface area contributed by atoms with Gasteiger partial charge >= 0.3 is 12.1 Å². The summed E-state index contributed by atoms with van der Waals surface area (Å²) < 4.78 is 44.6. The minimum Gasteiger partial charge on any atom is -0.488 e. The number of alkyl halides is 3. The van der Waals surface area contributed by atoms with Crippen LogP contribution in [-0.4, -0.2) is 68.3 Å². The van der Waals surface area contributed by atoms with Crippen LogP contribution in [0.2, 0.25) is 0 Å². The number of nitrogens with zero attached hydrogens (tertiary/aromatic N) is 5. The maximum Gasteiger partial charge on any atom is 0.490 e. The van der Waals surface area contributed by atoms with Crippen molar-refractivity contribution in [2.45, 2.75) is 19.6 Å². The highest BCUT2D eigenvalue weighted by molar-refractivity contribution is 5.95. The van der Waals surface area contributed by atoms with Crippen molar-refractivity contribution in [2.24, 2.45) is 5.73 Å². The van der Waals surface area contributed by atoms with E-state index >= 15 is 0 Å². The monoisotopic (exact) mass is 522 g/mol. The van der Waals surface area contributed by atoms with Crippen LogP contribution in [0.4, 0.5) is 19.0 Å². The molecule has 0 radical (unpaired) electrons. The molecule has 0 atom stereocenters. The number of halogens is 3. The van der Waals surface area contributed by atoms with Gasteiger partial charge in [0.05, 0.1) is 11.9 Å². The molecule has 0 spiro atoms. The smallest absolute Gasteiger partial charge is 0.488 e. The largest absolute Gasteiger partial charge is 0.490 e. The Balaban J connectivity index is 0.000000479. The van der Waals surface area contributed by atoms with Crippen LogP contribution in [0.1, 0.15) is 6.92 Å². The maximum absolute atomic E-state index is 10.6. The van der Waals surface area contributed by atoms with Crippen molar-refractivity contribution in [3.8, 4) is 28.5 Å². The third-order valence-corrected chi connectivity index (χ3v) is 4.93. The van der Waals surface area contributed by atoms with Gasteiger partial charge < -0.3 is 31.2 Å². The summed E-state index contributed by atoms with van der Waals surface area (Å²) in [5, 5.41) is 18.0. The normalized spacial score (nSPS) is 11.3. The number of anilines is 1. The first-order chi connectivity index (χ1) is 17.7. The average Bonchev–Trinajstić information content (AvgIpc) is 3.47. The van der Waals surface area contributed by atoms with Crippen LogP contribution in [0.3, 0.4) is 0 Å². The van der Waals surface area contributed by atoms with E-state index in [9.17, 15) is 13.2 Å². The Morgan fingerprint density at radius 3 is 2.46 bits per heavy atom. The van der Waals surface area contributed by atoms with Gasteiger partial charge in [0.2, 0.25) is 0 Å². The number of fused-ring (bicyclic) bond motifs is 1. The molecule has 0 aliphatic rings. The Labute approximate surface area is 208 Å². The van der Waals surface area contributed by atoms with E-state index in [1.807, 2.05) is 41.8 Å². The van der Waals surface area contributed by atoms with Gasteiger partial charge in [-0.25, -0.2) is 19.4 Å². The van der Waals surface area contributed by atoms with Crippen molar-refractivity contribution in [3.05, 3.63) is 36.5 Å². The fourth-order valence-electron chi connectivity index (χ4n) is 3.33. The third kappa shape index (κ3) is 6.50. The predicted octanol–water partition coefficient (Wildman–Crippen LogP) is 2.31. The van der Waals surface area contributed by atoms with Crippen LogP contribution in [0.15, 0.2) is 41.2 Å². The standard InChI is InChI=1S/C20H24N8O2.C2HF3O2/c1-2-28-18-14(29-11-10-23-9-8-21)12-24-15(13-6-4-3-5-7-13)16(18)25-20(28)17-19(22)27-30-26-17;3-2(4,5)1(6)7/h3-7,12,23H,2,8-11,21H2,1H3,(H2,22,27);(H,6,7). The molecule has 6 N–H and O–H groups in total. The number of aliphatic carboxylic acids is 1. The van der Waals surface area contributed by atoms with E-state index in [1.165, 1.54) is 0 Å². The maximum atomic E-state index is 10.6. The highest BCUT2D eigenvalue weighted by Crippen LogP contribution is 2.36. The topological polar surface area (TPSA) is 180 Å². The minimum absolute atomic E-state index is 0.183. The summed E-state index contributed by atoms with van der Waals surface area (Å²) in [6.07, 6.45) is -3.35. The molecule has 198 valence electrons. The number of nitrogens with two attached hydrogens (primary N) is 2. The number of pyridine rings is 1. The molecule has 37 heavy (non-hydrogen) atoms. The molecule has 0 bridgehead atoms. The van der Waals surface area contributed by atoms with Gasteiger partial charge in [-0.3, -0.25) is 0 Å². The van der Waals surface area contributed by atoms with E-state index in [4.69, 9.17) is 35.7 Å². The van der Waals surface area contributed by atoms with E-state index in [1.54, 1.807) is 6.20 Å². The van der Waals surface area contributed by atoms with Crippen molar-refractivity contribution in [2.75, 3.05) is 32.0 Å². The summed E-state index contributed by atoms with van der Waals surface area (Å²) in [4.78, 5) is 18.4. The number of carboxylic acid groups (broad SMARTS) is 1. The zero-order chi connectivity index (χ0) is 27.0. The van der Waals surface area contributed by atoms with Gasteiger partial charge in [-0.2, -0.15) is 13.2 Å². The molecular formula is C22H25F3N8O4. The van der Waals surface area contributed by atoms with Crippen molar-refractivity contribution in [1.82, 2.24) is 30.2 Å². The molecule has 0 aliphatic carbocycles. The van der Waals surface area contributed by atoms with Gasteiger partial charge in [0.25, 0.3) is 0 Å². The highest BCUT2D eigenvalue weighted by Gasteiger charge is 2.38. The second-order valence-electron chi connectivity index (χ2n) is 7.40. The molecule has 12 nitrogen and oxygen atoms in total. The fourth-order valence-corrected chi connectivity index (χ4v) is 3.33. The van der Waals surface area contributed by atoms with Crippen molar-refractivity contribution >= 4 is 22.8 Å². The van der Waals surface area contributed by atoms with Gasteiger partial charge in [-0.05, 0) is 17.2 Å². The van der Waals surface area contributed by atoms with E-state index in [-0.39, 0.29) is 5.82 Å². The van der Waals surface area contributed by atoms with Crippen LogP contribution in [0.25, 0.3) is 33.8 Å². The number of nitrogen functional groups attached to an aromatic ring is 1. The quantitative estimate of drug-likeness (QED) is 0.237. The number of imidazole rings is 1. The number of carboxylic acids is 1. The molecule has 15 heteroatoms. The molecule has 0 amide bonds. The van der Waals surface area contributed by atoms with E-state index in [0.29, 0.717) is 49.0 Å². The molecular weight excluding hydrogens is 497 g/mol. The Hall–Kier alpha value is -4.24. The molecule has 3 aromatic heterocycles. The lowest BCUT2D eigenvalue weighted by atomic mass is 10.1. The third-order valence-electron chi connectivity index (χ3n) is 4.93.